The molecule has 3 rings (SSSR count). The molecule has 1 amide bonds. The summed E-state index contributed by atoms with van der Waals surface area (Å²) in [6, 6.07) is 5.94. The first kappa shape index (κ1) is 17.6. The smallest absolute Gasteiger partial charge is 0.411 e. The number of hydrogen-bond acceptors (Lipinski definition) is 7. The number of amides is 1. The molecule has 2 heterocycles. The first-order valence-electron chi connectivity index (χ1n) is 7.50. The van der Waals surface area contributed by atoms with Crippen LogP contribution in [-0.4, -0.2) is 50.1 Å². The Morgan fingerprint density at radius 1 is 1.36 bits per heavy atom. The molecule has 25 heavy (non-hydrogen) atoms. The van der Waals surface area contributed by atoms with Gasteiger partial charge in [-0.3, -0.25) is 5.32 Å². The topological polar surface area (TPSA) is 97.8 Å². The molecule has 1 aromatic heterocycles. The van der Waals surface area contributed by atoms with Gasteiger partial charge in [-0.05, 0) is 30.7 Å². The molecule has 0 saturated carbocycles. The third-order valence-electron chi connectivity index (χ3n) is 3.71. The Bertz CT molecular complexity index is 821. The van der Waals surface area contributed by atoms with Crippen molar-refractivity contribution in [1.82, 2.24) is 9.29 Å². The molecule has 10 heteroatoms. The largest absolute Gasteiger partial charge is 0.465 e. The van der Waals surface area contributed by atoms with E-state index in [0.717, 1.165) is 0 Å². The normalized spacial score (nSPS) is 18.0. The minimum atomic E-state index is -3.61. The van der Waals surface area contributed by atoms with E-state index in [2.05, 4.69) is 15.0 Å². The van der Waals surface area contributed by atoms with Gasteiger partial charge < -0.3 is 9.47 Å². The van der Waals surface area contributed by atoms with Gasteiger partial charge in [0, 0.05) is 23.8 Å². The Morgan fingerprint density at radius 2 is 2.12 bits per heavy atom. The van der Waals surface area contributed by atoms with Crippen molar-refractivity contribution in [3.8, 4) is 5.19 Å². The zero-order valence-electron chi connectivity index (χ0n) is 13.4. The van der Waals surface area contributed by atoms with Crippen LogP contribution in [0.3, 0.4) is 0 Å². The number of hydrogen-bond donors (Lipinski definition) is 1. The number of rotatable bonds is 5. The van der Waals surface area contributed by atoms with Crippen LogP contribution in [0.15, 0.2) is 40.7 Å². The standard InChI is InChI=1S/C15H17N3O5S2/c1-22-14(19)17-11-2-4-13(5-3-11)25(20,21)18-8-6-12(10-18)23-15-16-7-9-24-15/h2-5,7,9,12H,6,8,10H2,1H3,(H,17,19). The second-order valence-electron chi connectivity index (χ2n) is 5.33. The van der Waals surface area contributed by atoms with Gasteiger partial charge in [-0.15, -0.1) is 0 Å². The molecule has 1 unspecified atom stereocenters. The average Bonchev–Trinajstić information content (AvgIpc) is 3.28. The maximum absolute atomic E-state index is 12.7. The van der Waals surface area contributed by atoms with E-state index in [4.69, 9.17) is 4.74 Å². The van der Waals surface area contributed by atoms with Crippen molar-refractivity contribution < 1.29 is 22.7 Å². The molecule has 1 aliphatic rings. The second-order valence-corrected chi connectivity index (χ2v) is 8.13. The fourth-order valence-electron chi connectivity index (χ4n) is 2.45. The summed E-state index contributed by atoms with van der Waals surface area (Å²) in [6.07, 6.45) is 1.44. The molecule has 1 fully saturated rings. The molecule has 1 aliphatic heterocycles. The van der Waals surface area contributed by atoms with Crippen LogP contribution in [0.4, 0.5) is 10.5 Å². The average molecular weight is 383 g/mol. The predicted octanol–water partition coefficient (Wildman–Crippen LogP) is 2.16. The van der Waals surface area contributed by atoms with E-state index in [1.54, 1.807) is 6.20 Å². The number of methoxy groups -OCH3 is 1. The Hall–Kier alpha value is -2.17. The summed E-state index contributed by atoms with van der Waals surface area (Å²) in [4.78, 5) is 15.4. The number of thiazole rings is 1. The predicted molar refractivity (Wildman–Crippen MR) is 92.4 cm³/mol. The van der Waals surface area contributed by atoms with Crippen molar-refractivity contribution in [3.63, 3.8) is 0 Å². The Balaban J connectivity index is 1.66. The highest BCUT2D eigenvalue weighted by atomic mass is 32.2. The molecular formula is C15H17N3O5S2. The van der Waals surface area contributed by atoms with Gasteiger partial charge in [0.05, 0.1) is 18.6 Å². The molecule has 8 nitrogen and oxygen atoms in total. The molecular weight excluding hydrogens is 366 g/mol. The van der Waals surface area contributed by atoms with Crippen molar-refractivity contribution >= 4 is 33.1 Å². The van der Waals surface area contributed by atoms with Crippen LogP contribution in [0, 0.1) is 0 Å². The SMILES string of the molecule is COC(=O)Nc1ccc(S(=O)(=O)N2CCC(Oc3nccs3)C2)cc1. The minimum absolute atomic E-state index is 0.165. The van der Waals surface area contributed by atoms with E-state index in [-0.39, 0.29) is 17.5 Å². The fourth-order valence-corrected chi connectivity index (χ4v) is 4.49. The number of anilines is 1. The number of carbonyl (C=O) groups is 1. The van der Waals surface area contributed by atoms with Crippen LogP contribution >= 0.6 is 11.3 Å². The van der Waals surface area contributed by atoms with Gasteiger partial charge in [-0.25, -0.2) is 18.2 Å². The monoisotopic (exact) mass is 383 g/mol. The molecule has 134 valence electrons. The summed E-state index contributed by atoms with van der Waals surface area (Å²) in [5, 5.41) is 4.83. The molecule has 1 N–H and O–H groups in total. The Kier molecular flexibility index (Phi) is 5.21. The number of nitrogens with one attached hydrogen (secondary N) is 1. The summed E-state index contributed by atoms with van der Waals surface area (Å²) in [5.74, 6) is 0. The number of ether oxygens (including phenoxy) is 2. The van der Waals surface area contributed by atoms with Crippen molar-refractivity contribution in [2.24, 2.45) is 0 Å². The zero-order valence-corrected chi connectivity index (χ0v) is 15.0. The van der Waals surface area contributed by atoms with E-state index >= 15 is 0 Å². The van der Waals surface area contributed by atoms with E-state index in [1.807, 2.05) is 5.38 Å². The van der Waals surface area contributed by atoms with Crippen LogP contribution in [0.25, 0.3) is 0 Å². The summed E-state index contributed by atoms with van der Waals surface area (Å²) in [7, 11) is -2.35. The number of nitrogens with zero attached hydrogens (tertiary/aromatic N) is 2. The number of sulfonamides is 1. The summed E-state index contributed by atoms with van der Waals surface area (Å²) < 4.78 is 37.0. The highest BCUT2D eigenvalue weighted by Gasteiger charge is 2.34. The summed E-state index contributed by atoms with van der Waals surface area (Å²) in [6.45, 7) is 0.671. The highest BCUT2D eigenvalue weighted by Crippen LogP contribution is 2.25. The maximum Gasteiger partial charge on any atom is 0.411 e. The zero-order chi connectivity index (χ0) is 17.9. The quantitative estimate of drug-likeness (QED) is 0.850. The number of benzene rings is 1. The number of aromatic nitrogens is 1. The molecule has 0 radical (unpaired) electrons. The lowest BCUT2D eigenvalue weighted by atomic mass is 10.3. The molecule has 0 bridgehead atoms. The molecule has 0 spiro atoms. The van der Waals surface area contributed by atoms with Gasteiger partial charge in [-0.2, -0.15) is 4.31 Å². The van der Waals surface area contributed by atoms with Crippen molar-refractivity contribution in [1.29, 1.82) is 0 Å². The molecule has 1 aromatic carbocycles. The van der Waals surface area contributed by atoms with Crippen molar-refractivity contribution in [2.45, 2.75) is 17.4 Å². The van der Waals surface area contributed by atoms with Gasteiger partial charge in [0.25, 0.3) is 5.19 Å². The lowest BCUT2D eigenvalue weighted by Crippen LogP contribution is -2.31. The van der Waals surface area contributed by atoms with Crippen molar-refractivity contribution in [2.75, 3.05) is 25.5 Å². The summed E-state index contributed by atoms with van der Waals surface area (Å²) in [5.41, 5.74) is 0.456. The van der Waals surface area contributed by atoms with Crippen LogP contribution in [0.5, 0.6) is 5.19 Å². The minimum Gasteiger partial charge on any atom is -0.465 e. The van der Waals surface area contributed by atoms with Crippen LogP contribution < -0.4 is 10.1 Å². The first-order chi connectivity index (χ1) is 12.0. The van der Waals surface area contributed by atoms with Gasteiger partial charge in [0.1, 0.15) is 6.10 Å². The van der Waals surface area contributed by atoms with E-state index in [9.17, 15) is 13.2 Å². The van der Waals surface area contributed by atoms with E-state index in [0.29, 0.717) is 23.8 Å². The lowest BCUT2D eigenvalue weighted by Gasteiger charge is -2.17. The molecule has 1 atom stereocenters. The lowest BCUT2D eigenvalue weighted by molar-refractivity contribution is 0.187. The van der Waals surface area contributed by atoms with E-state index in [1.165, 1.54) is 47.0 Å². The van der Waals surface area contributed by atoms with Crippen LogP contribution in [0.2, 0.25) is 0 Å². The number of carbonyl (C=O) groups excluding carboxylic acids is 1. The van der Waals surface area contributed by atoms with Gasteiger partial charge in [0.15, 0.2) is 0 Å². The highest BCUT2D eigenvalue weighted by molar-refractivity contribution is 7.89. The maximum atomic E-state index is 12.7. The summed E-state index contributed by atoms with van der Waals surface area (Å²) >= 11 is 1.38. The fraction of sp³-hybridized carbons (Fsp3) is 0.333. The Morgan fingerprint density at radius 3 is 2.76 bits per heavy atom. The Labute approximate surface area is 149 Å². The second kappa shape index (κ2) is 7.38. The molecule has 2 aromatic rings. The molecule has 0 aliphatic carbocycles. The molecule has 1 saturated heterocycles. The van der Waals surface area contributed by atoms with E-state index < -0.39 is 16.1 Å². The third-order valence-corrected chi connectivity index (χ3v) is 6.25. The van der Waals surface area contributed by atoms with Crippen LogP contribution in [-0.2, 0) is 14.8 Å². The van der Waals surface area contributed by atoms with Crippen LogP contribution in [0.1, 0.15) is 6.42 Å². The van der Waals surface area contributed by atoms with Gasteiger partial charge in [0.2, 0.25) is 10.0 Å². The van der Waals surface area contributed by atoms with Gasteiger partial charge >= 0.3 is 6.09 Å². The van der Waals surface area contributed by atoms with Gasteiger partial charge in [-0.1, -0.05) is 11.3 Å². The first-order valence-corrected chi connectivity index (χ1v) is 9.82. The van der Waals surface area contributed by atoms with Crippen molar-refractivity contribution in [3.05, 3.63) is 35.8 Å². The third kappa shape index (κ3) is 4.09.